The molecule has 0 bridgehead atoms. The molecule has 2 aromatic heterocycles. The van der Waals surface area contributed by atoms with Crippen LogP contribution in [0.2, 0.25) is 0 Å². The molecule has 0 fully saturated rings. The maximum absolute atomic E-state index is 13.9. The van der Waals surface area contributed by atoms with Gasteiger partial charge in [-0.15, -0.1) is 0 Å². The van der Waals surface area contributed by atoms with Crippen molar-refractivity contribution in [1.29, 1.82) is 0 Å². The van der Waals surface area contributed by atoms with E-state index in [9.17, 15) is 18.0 Å². The highest BCUT2D eigenvalue weighted by molar-refractivity contribution is 6.01. The molecule has 0 spiro atoms. The summed E-state index contributed by atoms with van der Waals surface area (Å²) in [7, 11) is 0. The van der Waals surface area contributed by atoms with Crippen LogP contribution < -0.4 is 11.1 Å². The number of benzene rings is 2. The average molecular weight is 422 g/mol. The molecule has 0 atom stereocenters. The molecule has 2 aromatic carbocycles. The van der Waals surface area contributed by atoms with Crippen LogP contribution in [0.3, 0.4) is 0 Å². The fraction of sp³-hybridized carbons (Fsp3) is 0.0870. The van der Waals surface area contributed by atoms with Crippen LogP contribution in [-0.4, -0.2) is 15.9 Å². The average Bonchev–Trinajstić information content (AvgIpc) is 2.77. The molecular weight excluding hydrogens is 405 g/mol. The van der Waals surface area contributed by atoms with E-state index >= 15 is 0 Å². The molecule has 0 saturated heterocycles. The first kappa shape index (κ1) is 20.3. The third-order valence-electron chi connectivity index (χ3n) is 4.75. The van der Waals surface area contributed by atoms with Gasteiger partial charge in [-0.05, 0) is 41.5 Å². The summed E-state index contributed by atoms with van der Waals surface area (Å²) < 4.78 is 41.6. The van der Waals surface area contributed by atoms with Crippen LogP contribution in [0.4, 0.5) is 18.9 Å². The van der Waals surface area contributed by atoms with E-state index in [1.165, 1.54) is 6.07 Å². The smallest absolute Gasteiger partial charge is 0.398 e. The zero-order chi connectivity index (χ0) is 22.0. The minimum absolute atomic E-state index is 0.0382. The van der Waals surface area contributed by atoms with Crippen molar-refractivity contribution in [3.63, 3.8) is 0 Å². The number of amides is 1. The summed E-state index contributed by atoms with van der Waals surface area (Å²) >= 11 is 0. The van der Waals surface area contributed by atoms with Crippen LogP contribution in [-0.2, 0) is 12.7 Å². The highest BCUT2D eigenvalue weighted by Crippen LogP contribution is 2.39. The number of fused-ring (bicyclic) bond motifs is 1. The highest BCUT2D eigenvalue weighted by Gasteiger charge is 2.34. The Morgan fingerprint density at radius 3 is 2.39 bits per heavy atom. The lowest BCUT2D eigenvalue weighted by molar-refractivity contribution is -0.136. The molecule has 2 heterocycles. The number of aromatic nitrogens is 2. The normalized spacial score (nSPS) is 11.5. The van der Waals surface area contributed by atoms with Gasteiger partial charge < -0.3 is 11.1 Å². The Hall–Kier alpha value is -3.94. The van der Waals surface area contributed by atoms with Gasteiger partial charge in [0, 0.05) is 17.3 Å². The number of hydrogen-bond donors (Lipinski definition) is 2. The molecule has 0 aliphatic rings. The summed E-state index contributed by atoms with van der Waals surface area (Å²) in [6, 6.07) is 17.8. The quantitative estimate of drug-likeness (QED) is 0.494. The Labute approximate surface area is 175 Å². The van der Waals surface area contributed by atoms with Crippen molar-refractivity contribution >= 4 is 22.5 Å². The second-order valence-corrected chi connectivity index (χ2v) is 6.88. The van der Waals surface area contributed by atoms with E-state index in [-0.39, 0.29) is 28.8 Å². The number of carbonyl (C=O) groups is 1. The SMILES string of the molecule is Nc1cc(C(=O)NCc2ccccn2)nc2c(C(F)(F)F)cc(-c3ccccc3)cc12. The van der Waals surface area contributed by atoms with Crippen LogP contribution in [0.1, 0.15) is 21.7 Å². The summed E-state index contributed by atoms with van der Waals surface area (Å²) in [5, 5.41) is 2.74. The van der Waals surface area contributed by atoms with E-state index in [0.717, 1.165) is 6.07 Å². The third-order valence-corrected chi connectivity index (χ3v) is 4.75. The van der Waals surface area contributed by atoms with Gasteiger partial charge in [0.25, 0.3) is 5.91 Å². The van der Waals surface area contributed by atoms with Gasteiger partial charge in [-0.3, -0.25) is 9.78 Å². The fourth-order valence-corrected chi connectivity index (χ4v) is 3.25. The summed E-state index contributed by atoms with van der Waals surface area (Å²) in [6.45, 7) is 0.109. The fourth-order valence-electron chi connectivity index (χ4n) is 3.25. The number of nitrogens with two attached hydrogens (primary N) is 1. The third kappa shape index (κ3) is 4.32. The molecule has 4 rings (SSSR count). The number of halogens is 3. The minimum atomic E-state index is -4.68. The first-order valence-corrected chi connectivity index (χ1v) is 9.38. The number of hydrogen-bond acceptors (Lipinski definition) is 4. The number of nitrogens with one attached hydrogen (secondary N) is 1. The van der Waals surface area contributed by atoms with Crippen molar-refractivity contribution in [2.45, 2.75) is 12.7 Å². The van der Waals surface area contributed by atoms with Crippen molar-refractivity contribution in [2.24, 2.45) is 0 Å². The summed E-state index contributed by atoms with van der Waals surface area (Å²) in [6.07, 6.45) is -3.10. The van der Waals surface area contributed by atoms with Crippen molar-refractivity contribution < 1.29 is 18.0 Å². The number of pyridine rings is 2. The molecule has 0 unspecified atom stereocenters. The standard InChI is InChI=1S/C23H17F3N4O/c24-23(25,26)18-11-15(14-6-2-1-3-7-14)10-17-19(27)12-20(30-21(17)18)22(31)29-13-16-8-4-5-9-28-16/h1-12H,13H2,(H2,27,30)(H,29,31). The minimum Gasteiger partial charge on any atom is -0.398 e. The van der Waals surface area contributed by atoms with Crippen LogP contribution in [0.25, 0.3) is 22.0 Å². The van der Waals surface area contributed by atoms with Gasteiger partial charge in [-0.25, -0.2) is 4.98 Å². The van der Waals surface area contributed by atoms with Crippen molar-refractivity contribution in [3.8, 4) is 11.1 Å². The van der Waals surface area contributed by atoms with E-state index in [4.69, 9.17) is 5.73 Å². The molecule has 8 heteroatoms. The van der Waals surface area contributed by atoms with Gasteiger partial charge >= 0.3 is 6.18 Å². The molecule has 31 heavy (non-hydrogen) atoms. The molecule has 0 aliphatic carbocycles. The van der Waals surface area contributed by atoms with Crippen LogP contribution in [0, 0.1) is 0 Å². The number of alkyl halides is 3. The summed E-state index contributed by atoms with van der Waals surface area (Å²) in [5.74, 6) is -0.639. The van der Waals surface area contributed by atoms with E-state index in [0.29, 0.717) is 16.8 Å². The molecule has 0 radical (unpaired) electrons. The zero-order valence-electron chi connectivity index (χ0n) is 16.1. The predicted molar refractivity (Wildman–Crippen MR) is 112 cm³/mol. The summed E-state index contributed by atoms with van der Waals surface area (Å²) in [4.78, 5) is 20.6. The van der Waals surface area contributed by atoms with E-state index < -0.39 is 17.6 Å². The van der Waals surface area contributed by atoms with Crippen LogP contribution >= 0.6 is 0 Å². The molecule has 3 N–H and O–H groups in total. The lowest BCUT2D eigenvalue weighted by atomic mass is 9.98. The van der Waals surface area contributed by atoms with Crippen molar-refractivity contribution in [2.75, 3.05) is 5.73 Å². The number of carbonyl (C=O) groups excluding carboxylic acids is 1. The molecule has 0 saturated carbocycles. The van der Waals surface area contributed by atoms with Gasteiger partial charge in [0.2, 0.25) is 0 Å². The van der Waals surface area contributed by atoms with Gasteiger partial charge in [0.05, 0.1) is 23.3 Å². The lowest BCUT2D eigenvalue weighted by Gasteiger charge is -2.15. The Morgan fingerprint density at radius 2 is 1.71 bits per heavy atom. The van der Waals surface area contributed by atoms with Gasteiger partial charge in [-0.2, -0.15) is 13.2 Å². The maximum atomic E-state index is 13.9. The number of rotatable bonds is 4. The molecular formula is C23H17F3N4O. The number of nitrogen functional groups attached to an aromatic ring is 1. The lowest BCUT2D eigenvalue weighted by Crippen LogP contribution is -2.24. The first-order valence-electron chi connectivity index (χ1n) is 9.38. The number of nitrogens with zero attached hydrogens (tertiary/aromatic N) is 2. The molecule has 1 amide bonds. The van der Waals surface area contributed by atoms with Gasteiger partial charge in [-0.1, -0.05) is 36.4 Å². The van der Waals surface area contributed by atoms with Crippen molar-refractivity contribution in [3.05, 3.63) is 89.9 Å². The largest absolute Gasteiger partial charge is 0.418 e. The molecule has 156 valence electrons. The van der Waals surface area contributed by atoms with Crippen molar-refractivity contribution in [1.82, 2.24) is 15.3 Å². The Bertz CT molecular complexity index is 1240. The molecule has 0 aliphatic heterocycles. The number of anilines is 1. The second kappa shape index (κ2) is 8.06. The topological polar surface area (TPSA) is 80.9 Å². The molecule has 4 aromatic rings. The van der Waals surface area contributed by atoms with E-state index in [1.54, 1.807) is 60.8 Å². The zero-order valence-corrected chi connectivity index (χ0v) is 16.1. The van der Waals surface area contributed by atoms with Gasteiger partial charge in [0.15, 0.2) is 0 Å². The monoisotopic (exact) mass is 422 g/mol. The Morgan fingerprint density at radius 1 is 0.968 bits per heavy atom. The predicted octanol–water partition coefficient (Wildman–Crippen LogP) is 4.83. The summed E-state index contributed by atoms with van der Waals surface area (Å²) in [5.41, 5.74) is 6.17. The Kier molecular flexibility index (Phi) is 5.29. The maximum Gasteiger partial charge on any atom is 0.418 e. The highest BCUT2D eigenvalue weighted by atomic mass is 19.4. The Balaban J connectivity index is 1.77. The van der Waals surface area contributed by atoms with Crippen LogP contribution in [0.5, 0.6) is 0 Å². The second-order valence-electron chi connectivity index (χ2n) is 6.88. The van der Waals surface area contributed by atoms with E-state index in [1.807, 2.05) is 0 Å². The first-order chi connectivity index (χ1) is 14.8. The van der Waals surface area contributed by atoms with Crippen LogP contribution in [0.15, 0.2) is 72.9 Å². The van der Waals surface area contributed by atoms with Gasteiger partial charge in [0.1, 0.15) is 5.69 Å². The van der Waals surface area contributed by atoms with E-state index in [2.05, 4.69) is 15.3 Å². The molecule has 5 nitrogen and oxygen atoms in total.